The topological polar surface area (TPSA) is 12.0 Å². The number of nitrogens with one attached hydrogen (secondary N) is 1. The van der Waals surface area contributed by atoms with Gasteiger partial charge < -0.3 is 5.32 Å². The first-order valence-electron chi connectivity index (χ1n) is 7.15. The van der Waals surface area contributed by atoms with Crippen molar-refractivity contribution >= 4 is 28.1 Å². The summed E-state index contributed by atoms with van der Waals surface area (Å²) in [6, 6.07) is 21.2. The highest BCUT2D eigenvalue weighted by molar-refractivity contribution is 6.33. The fraction of sp³-hybridized carbons (Fsp3) is 0.158. The van der Waals surface area contributed by atoms with Gasteiger partial charge in [-0.2, -0.15) is 0 Å². The summed E-state index contributed by atoms with van der Waals surface area (Å²) in [7, 11) is 0. The molecule has 1 atom stereocenters. The van der Waals surface area contributed by atoms with Crippen LogP contribution in [0.4, 0.5) is 5.69 Å². The number of anilines is 1. The summed E-state index contributed by atoms with van der Waals surface area (Å²) in [6.07, 6.45) is 0. The molecule has 3 aromatic carbocycles. The van der Waals surface area contributed by atoms with Gasteiger partial charge in [0.05, 0.1) is 10.7 Å². The van der Waals surface area contributed by atoms with Crippen LogP contribution in [0.2, 0.25) is 5.02 Å². The predicted molar refractivity (Wildman–Crippen MR) is 92.2 cm³/mol. The third-order valence-corrected chi connectivity index (χ3v) is 4.17. The molecule has 0 fully saturated rings. The summed E-state index contributed by atoms with van der Waals surface area (Å²) in [6.45, 7) is 4.23. The Balaban J connectivity index is 1.91. The van der Waals surface area contributed by atoms with Crippen molar-refractivity contribution in [3.05, 3.63) is 76.8 Å². The molecule has 0 saturated heterocycles. The number of aryl methyl sites for hydroxylation is 1. The quantitative estimate of drug-likeness (QED) is 0.627. The molecule has 0 bridgehead atoms. The third-order valence-electron chi connectivity index (χ3n) is 3.86. The highest BCUT2D eigenvalue weighted by atomic mass is 35.5. The molecule has 0 aliphatic carbocycles. The molecular formula is C19H18ClN. The van der Waals surface area contributed by atoms with E-state index in [-0.39, 0.29) is 6.04 Å². The van der Waals surface area contributed by atoms with Crippen LogP contribution in [0.15, 0.2) is 60.7 Å². The number of benzene rings is 3. The normalized spacial score (nSPS) is 12.3. The Bertz CT molecular complexity index is 759. The summed E-state index contributed by atoms with van der Waals surface area (Å²) < 4.78 is 0. The minimum absolute atomic E-state index is 0.202. The molecule has 0 amide bonds. The highest BCUT2D eigenvalue weighted by Gasteiger charge is 2.10. The molecule has 21 heavy (non-hydrogen) atoms. The lowest BCUT2D eigenvalue weighted by atomic mass is 10.0. The van der Waals surface area contributed by atoms with E-state index in [0.29, 0.717) is 0 Å². The van der Waals surface area contributed by atoms with Gasteiger partial charge in [0.25, 0.3) is 0 Å². The Morgan fingerprint density at radius 1 is 0.905 bits per heavy atom. The van der Waals surface area contributed by atoms with Crippen molar-refractivity contribution in [1.29, 1.82) is 0 Å². The molecule has 0 aliphatic rings. The Hall–Kier alpha value is -1.99. The molecule has 106 valence electrons. The standard InChI is InChI=1S/C19H18ClN/c1-13-6-5-9-18(20)19(13)21-14(2)16-11-10-15-7-3-4-8-17(15)12-16/h3-12,14,21H,1-2H3. The fourth-order valence-corrected chi connectivity index (χ4v) is 2.87. The largest absolute Gasteiger partial charge is 0.377 e. The number of para-hydroxylation sites is 1. The van der Waals surface area contributed by atoms with E-state index in [9.17, 15) is 0 Å². The maximum atomic E-state index is 6.29. The van der Waals surface area contributed by atoms with Crippen LogP contribution in [0.3, 0.4) is 0 Å². The average molecular weight is 296 g/mol. The van der Waals surface area contributed by atoms with Crippen LogP contribution >= 0.6 is 11.6 Å². The van der Waals surface area contributed by atoms with Crippen LogP contribution in [0, 0.1) is 6.92 Å². The van der Waals surface area contributed by atoms with E-state index in [4.69, 9.17) is 11.6 Å². The first-order valence-corrected chi connectivity index (χ1v) is 7.53. The maximum absolute atomic E-state index is 6.29. The van der Waals surface area contributed by atoms with Crippen molar-refractivity contribution in [2.45, 2.75) is 19.9 Å². The van der Waals surface area contributed by atoms with Gasteiger partial charge in [-0.1, -0.05) is 60.1 Å². The highest BCUT2D eigenvalue weighted by Crippen LogP contribution is 2.30. The van der Waals surface area contributed by atoms with Crippen LogP contribution < -0.4 is 5.32 Å². The van der Waals surface area contributed by atoms with Crippen molar-refractivity contribution in [2.75, 3.05) is 5.32 Å². The average Bonchev–Trinajstić information content (AvgIpc) is 2.50. The van der Waals surface area contributed by atoms with Crippen LogP contribution in [-0.4, -0.2) is 0 Å². The van der Waals surface area contributed by atoms with Gasteiger partial charge in [-0.3, -0.25) is 0 Å². The molecule has 0 heterocycles. The van der Waals surface area contributed by atoms with E-state index in [1.807, 2.05) is 12.1 Å². The number of hydrogen-bond acceptors (Lipinski definition) is 1. The first-order chi connectivity index (χ1) is 10.1. The van der Waals surface area contributed by atoms with Gasteiger partial charge in [0.1, 0.15) is 0 Å². The van der Waals surface area contributed by atoms with Gasteiger partial charge in [0.15, 0.2) is 0 Å². The van der Waals surface area contributed by atoms with E-state index < -0.39 is 0 Å². The Morgan fingerprint density at radius 3 is 2.43 bits per heavy atom. The summed E-state index contributed by atoms with van der Waals surface area (Å²) >= 11 is 6.29. The molecule has 1 N–H and O–H groups in total. The van der Waals surface area contributed by atoms with Crippen LogP contribution in [0.5, 0.6) is 0 Å². The van der Waals surface area contributed by atoms with Gasteiger partial charge in [0, 0.05) is 6.04 Å². The van der Waals surface area contributed by atoms with Gasteiger partial charge in [-0.05, 0) is 47.9 Å². The molecule has 0 aliphatic heterocycles. The zero-order valence-electron chi connectivity index (χ0n) is 12.2. The molecule has 0 spiro atoms. The monoisotopic (exact) mass is 295 g/mol. The van der Waals surface area contributed by atoms with Crippen molar-refractivity contribution in [3.63, 3.8) is 0 Å². The first kappa shape index (κ1) is 14.0. The van der Waals surface area contributed by atoms with E-state index >= 15 is 0 Å². The molecule has 2 heteroatoms. The lowest BCUT2D eigenvalue weighted by Crippen LogP contribution is -2.08. The maximum Gasteiger partial charge on any atom is 0.0640 e. The summed E-state index contributed by atoms with van der Waals surface area (Å²) in [5.74, 6) is 0. The van der Waals surface area contributed by atoms with Gasteiger partial charge in [-0.15, -0.1) is 0 Å². The lowest BCUT2D eigenvalue weighted by molar-refractivity contribution is 0.885. The Kier molecular flexibility index (Phi) is 3.85. The predicted octanol–water partition coefficient (Wildman–Crippen LogP) is 5.97. The van der Waals surface area contributed by atoms with E-state index in [1.165, 1.54) is 16.3 Å². The van der Waals surface area contributed by atoms with Crippen LogP contribution in [0.1, 0.15) is 24.1 Å². The third kappa shape index (κ3) is 2.88. The molecule has 3 rings (SSSR count). The Labute approximate surface area is 130 Å². The molecule has 1 nitrogen and oxygen atoms in total. The molecule has 1 unspecified atom stereocenters. The van der Waals surface area contributed by atoms with Crippen molar-refractivity contribution in [3.8, 4) is 0 Å². The number of hydrogen-bond donors (Lipinski definition) is 1. The van der Waals surface area contributed by atoms with Gasteiger partial charge >= 0.3 is 0 Å². The number of rotatable bonds is 3. The van der Waals surface area contributed by atoms with Crippen molar-refractivity contribution in [1.82, 2.24) is 0 Å². The minimum Gasteiger partial charge on any atom is -0.377 e. The molecule has 0 radical (unpaired) electrons. The van der Waals surface area contributed by atoms with E-state index in [2.05, 4.69) is 67.7 Å². The van der Waals surface area contributed by atoms with Gasteiger partial charge in [-0.25, -0.2) is 0 Å². The van der Waals surface area contributed by atoms with E-state index in [1.54, 1.807) is 0 Å². The lowest BCUT2D eigenvalue weighted by Gasteiger charge is -2.19. The zero-order valence-corrected chi connectivity index (χ0v) is 13.0. The van der Waals surface area contributed by atoms with Crippen molar-refractivity contribution in [2.24, 2.45) is 0 Å². The second-order valence-corrected chi connectivity index (χ2v) is 5.81. The second kappa shape index (κ2) is 5.79. The molecular weight excluding hydrogens is 278 g/mol. The Morgan fingerprint density at radius 2 is 1.67 bits per heavy atom. The molecule has 3 aromatic rings. The SMILES string of the molecule is Cc1cccc(Cl)c1NC(C)c1ccc2ccccc2c1. The van der Waals surface area contributed by atoms with Crippen molar-refractivity contribution < 1.29 is 0 Å². The fourth-order valence-electron chi connectivity index (χ4n) is 2.59. The number of halogens is 1. The second-order valence-electron chi connectivity index (χ2n) is 5.40. The minimum atomic E-state index is 0.202. The van der Waals surface area contributed by atoms with Crippen LogP contribution in [0.25, 0.3) is 10.8 Å². The zero-order chi connectivity index (χ0) is 14.8. The summed E-state index contributed by atoms with van der Waals surface area (Å²) in [4.78, 5) is 0. The van der Waals surface area contributed by atoms with Crippen LogP contribution in [-0.2, 0) is 0 Å². The summed E-state index contributed by atoms with van der Waals surface area (Å²) in [5.41, 5.74) is 3.43. The smallest absolute Gasteiger partial charge is 0.0640 e. The summed E-state index contributed by atoms with van der Waals surface area (Å²) in [5, 5.41) is 6.82. The molecule has 0 aromatic heterocycles. The van der Waals surface area contributed by atoms with E-state index in [0.717, 1.165) is 16.3 Å². The molecule has 0 saturated carbocycles. The van der Waals surface area contributed by atoms with Gasteiger partial charge in [0.2, 0.25) is 0 Å². The number of fused-ring (bicyclic) bond motifs is 1.